The van der Waals surface area contributed by atoms with Gasteiger partial charge in [0, 0.05) is 38.7 Å². The molecule has 2 aromatic heterocycles. The van der Waals surface area contributed by atoms with Gasteiger partial charge in [-0.15, -0.1) is 0 Å². The fourth-order valence-electron chi connectivity index (χ4n) is 8.16. The van der Waals surface area contributed by atoms with E-state index in [1.807, 2.05) is 72.8 Å². The number of morpholine rings is 1. The molecule has 2 aliphatic heterocycles. The van der Waals surface area contributed by atoms with Crippen molar-refractivity contribution in [2.45, 2.75) is 24.3 Å². The molecular formula is C45H30N4O2. The molecule has 0 saturated carbocycles. The Hall–Kier alpha value is -6.37. The number of aromatic nitrogens is 3. The number of allylic oxidation sites excluding steroid dienone is 4. The van der Waals surface area contributed by atoms with Gasteiger partial charge in [0.2, 0.25) is 0 Å². The summed E-state index contributed by atoms with van der Waals surface area (Å²) in [4.78, 5) is 17.3. The molecule has 1 fully saturated rings. The van der Waals surface area contributed by atoms with Gasteiger partial charge in [-0.25, -0.2) is 15.0 Å². The lowest BCUT2D eigenvalue weighted by Gasteiger charge is -2.47. The maximum atomic E-state index is 6.56. The van der Waals surface area contributed by atoms with E-state index in [0.717, 1.165) is 49.8 Å². The zero-order valence-electron chi connectivity index (χ0n) is 27.4. The lowest BCUT2D eigenvalue weighted by Crippen LogP contribution is -2.58. The average molecular weight is 659 g/mol. The summed E-state index contributed by atoms with van der Waals surface area (Å²) in [5.74, 6) is 1.90. The summed E-state index contributed by atoms with van der Waals surface area (Å²) in [7, 11) is 0. The maximum Gasteiger partial charge on any atom is 0.164 e. The van der Waals surface area contributed by atoms with Gasteiger partial charge >= 0.3 is 0 Å². The lowest BCUT2D eigenvalue weighted by molar-refractivity contribution is -0.00200. The molecule has 0 N–H and O–H groups in total. The Balaban J connectivity index is 0.982. The van der Waals surface area contributed by atoms with Crippen LogP contribution in [0.4, 0.5) is 5.69 Å². The van der Waals surface area contributed by atoms with Crippen LogP contribution in [0.2, 0.25) is 0 Å². The van der Waals surface area contributed by atoms with E-state index in [0.29, 0.717) is 17.5 Å². The molecule has 4 aliphatic rings. The molecule has 4 heterocycles. The van der Waals surface area contributed by atoms with Crippen LogP contribution in [0, 0.1) is 0 Å². The highest BCUT2D eigenvalue weighted by molar-refractivity contribution is 6.07. The summed E-state index contributed by atoms with van der Waals surface area (Å²) in [5, 5.41) is 2.08. The minimum Gasteiger partial charge on any atom is -0.456 e. The molecule has 4 unspecified atom stereocenters. The SMILES string of the molecule is C1=CC2OC3C=CC=C4c5cc(-c6ccc7c(c6)oc6ccc(-c8nc(-c9ccccc9)nc(-c9ccccc9)n8)cc67)ccc5N(C2C=C1)C43. The van der Waals surface area contributed by atoms with Crippen LogP contribution in [0.15, 0.2) is 162 Å². The quantitative estimate of drug-likeness (QED) is 0.188. The predicted molar refractivity (Wildman–Crippen MR) is 203 cm³/mol. The van der Waals surface area contributed by atoms with E-state index in [-0.39, 0.29) is 24.3 Å². The maximum absolute atomic E-state index is 6.56. The summed E-state index contributed by atoms with van der Waals surface area (Å²) in [6, 6.07) is 40.1. The van der Waals surface area contributed by atoms with Gasteiger partial charge in [0.1, 0.15) is 23.4 Å². The van der Waals surface area contributed by atoms with Crippen LogP contribution in [0.3, 0.4) is 0 Å². The number of ether oxygens (including phenoxy) is 1. The Morgan fingerprint density at radius 1 is 0.510 bits per heavy atom. The van der Waals surface area contributed by atoms with Crippen LogP contribution < -0.4 is 4.90 Å². The Bertz CT molecular complexity index is 2600. The second kappa shape index (κ2) is 11.1. The molecule has 7 aromatic rings. The Morgan fingerprint density at radius 3 is 1.96 bits per heavy atom. The Morgan fingerprint density at radius 2 is 1.18 bits per heavy atom. The summed E-state index contributed by atoms with van der Waals surface area (Å²) >= 11 is 0. The number of anilines is 1. The Labute approximate surface area is 294 Å². The number of hydrogen-bond donors (Lipinski definition) is 0. The van der Waals surface area contributed by atoms with Crippen LogP contribution in [0.1, 0.15) is 5.56 Å². The molecule has 2 aliphatic carbocycles. The van der Waals surface area contributed by atoms with Crippen molar-refractivity contribution in [3.05, 3.63) is 163 Å². The second-order valence-corrected chi connectivity index (χ2v) is 13.5. The topological polar surface area (TPSA) is 64.3 Å². The van der Waals surface area contributed by atoms with Gasteiger partial charge in [-0.3, -0.25) is 0 Å². The van der Waals surface area contributed by atoms with Gasteiger partial charge < -0.3 is 14.1 Å². The molecule has 242 valence electrons. The first-order valence-electron chi connectivity index (χ1n) is 17.4. The first-order chi connectivity index (χ1) is 25.2. The summed E-state index contributed by atoms with van der Waals surface area (Å²) in [5.41, 5.74) is 10.6. The van der Waals surface area contributed by atoms with Crippen molar-refractivity contribution in [1.82, 2.24) is 15.0 Å². The fourth-order valence-corrected chi connectivity index (χ4v) is 8.16. The molecule has 51 heavy (non-hydrogen) atoms. The van der Waals surface area contributed by atoms with E-state index >= 15 is 0 Å². The van der Waals surface area contributed by atoms with Gasteiger partial charge in [-0.05, 0) is 59.2 Å². The van der Waals surface area contributed by atoms with Gasteiger partial charge in [-0.1, -0.05) is 115 Å². The number of furan rings is 1. The smallest absolute Gasteiger partial charge is 0.164 e. The van der Waals surface area contributed by atoms with Crippen LogP contribution in [0.25, 0.3) is 72.8 Å². The van der Waals surface area contributed by atoms with Crippen LogP contribution in [-0.2, 0) is 4.74 Å². The van der Waals surface area contributed by atoms with Crippen molar-refractivity contribution in [1.29, 1.82) is 0 Å². The molecule has 4 atom stereocenters. The van der Waals surface area contributed by atoms with Crippen molar-refractivity contribution in [2.24, 2.45) is 0 Å². The minimum absolute atomic E-state index is 0.0300. The molecule has 0 spiro atoms. The van der Waals surface area contributed by atoms with E-state index in [1.54, 1.807) is 0 Å². The lowest BCUT2D eigenvalue weighted by atomic mass is 9.89. The van der Waals surface area contributed by atoms with E-state index in [2.05, 4.69) is 89.9 Å². The molecule has 0 amide bonds. The molecule has 5 aromatic carbocycles. The molecule has 1 saturated heterocycles. The average Bonchev–Trinajstić information content (AvgIpc) is 3.74. The zero-order chi connectivity index (χ0) is 33.5. The molecular weight excluding hydrogens is 629 g/mol. The van der Waals surface area contributed by atoms with Gasteiger partial charge in [0.25, 0.3) is 0 Å². The highest BCUT2D eigenvalue weighted by atomic mass is 16.5. The molecule has 6 nitrogen and oxygen atoms in total. The molecule has 11 rings (SSSR count). The van der Waals surface area contributed by atoms with Crippen molar-refractivity contribution in [3.8, 4) is 45.3 Å². The highest BCUT2D eigenvalue weighted by Crippen LogP contribution is 2.50. The first kappa shape index (κ1) is 28.5. The summed E-state index contributed by atoms with van der Waals surface area (Å²) < 4.78 is 13.0. The fraction of sp³-hybridized carbons (Fsp3) is 0.0889. The third-order valence-corrected chi connectivity index (χ3v) is 10.5. The summed E-state index contributed by atoms with van der Waals surface area (Å²) in [6.45, 7) is 0. The third-order valence-electron chi connectivity index (χ3n) is 10.5. The molecule has 0 bridgehead atoms. The predicted octanol–water partition coefficient (Wildman–Crippen LogP) is 9.84. The normalized spacial score (nSPS) is 21.1. The number of fused-ring (bicyclic) bond motifs is 8. The minimum atomic E-state index is 0.0300. The van der Waals surface area contributed by atoms with Crippen molar-refractivity contribution >= 4 is 33.2 Å². The van der Waals surface area contributed by atoms with Crippen molar-refractivity contribution in [2.75, 3.05) is 4.90 Å². The van der Waals surface area contributed by atoms with Crippen LogP contribution in [-0.4, -0.2) is 39.2 Å². The van der Waals surface area contributed by atoms with Crippen molar-refractivity contribution in [3.63, 3.8) is 0 Å². The zero-order valence-corrected chi connectivity index (χ0v) is 27.4. The first-order valence-corrected chi connectivity index (χ1v) is 17.4. The van der Waals surface area contributed by atoms with E-state index in [9.17, 15) is 0 Å². The number of benzene rings is 5. The monoisotopic (exact) mass is 658 g/mol. The van der Waals surface area contributed by atoms with Crippen LogP contribution in [0.5, 0.6) is 0 Å². The largest absolute Gasteiger partial charge is 0.456 e. The number of hydrogen-bond acceptors (Lipinski definition) is 6. The summed E-state index contributed by atoms with van der Waals surface area (Å²) in [6.07, 6.45) is 15.4. The standard InChI is InChI=1S/C45H30N4O2/c1-3-10-27(11-4-1)43-46-44(28-12-5-2-6-13-28)48-45(47-43)31-20-23-38-35(25-31)32-21-18-30(26-41(32)50-38)29-19-22-36-34(24-29)33-14-9-17-40-42(33)49(36)37-15-7-8-16-39(37)51-40/h1-26,37,39-40,42H. The van der Waals surface area contributed by atoms with Gasteiger partial charge in [0.05, 0.1) is 12.1 Å². The number of nitrogens with zero attached hydrogens (tertiary/aromatic N) is 4. The highest BCUT2D eigenvalue weighted by Gasteiger charge is 2.49. The van der Waals surface area contributed by atoms with E-state index < -0.39 is 0 Å². The van der Waals surface area contributed by atoms with Gasteiger partial charge in [0.15, 0.2) is 17.5 Å². The third kappa shape index (κ3) is 4.50. The van der Waals surface area contributed by atoms with Crippen molar-refractivity contribution < 1.29 is 9.15 Å². The van der Waals surface area contributed by atoms with E-state index in [1.165, 1.54) is 16.8 Å². The molecule has 6 heteroatoms. The number of rotatable bonds is 4. The Kier molecular flexibility index (Phi) is 6.18. The molecule has 0 radical (unpaired) electrons. The van der Waals surface area contributed by atoms with Gasteiger partial charge in [-0.2, -0.15) is 0 Å². The van der Waals surface area contributed by atoms with Crippen LogP contribution >= 0.6 is 0 Å². The van der Waals surface area contributed by atoms with E-state index in [4.69, 9.17) is 24.1 Å². The second-order valence-electron chi connectivity index (χ2n) is 13.5.